The molecule has 0 aliphatic rings. The third-order valence-electron chi connectivity index (χ3n) is 2.25. The monoisotopic (exact) mass is 236 g/mol. The number of rotatable bonds is 3. The van der Waals surface area contributed by atoms with Crippen molar-refractivity contribution in [3.8, 4) is 0 Å². The van der Waals surface area contributed by atoms with Crippen molar-refractivity contribution in [3.05, 3.63) is 35.4 Å². The molecule has 4 heteroatoms. The highest BCUT2D eigenvalue weighted by molar-refractivity contribution is 7.05. The van der Waals surface area contributed by atoms with Gasteiger partial charge in [0.2, 0.25) is 0 Å². The fourth-order valence-corrected chi connectivity index (χ4v) is 2.34. The van der Waals surface area contributed by atoms with Gasteiger partial charge in [0.15, 0.2) is 0 Å². The van der Waals surface area contributed by atoms with Crippen LogP contribution in [-0.2, 0) is 4.74 Å². The molecule has 0 heterocycles. The summed E-state index contributed by atoms with van der Waals surface area (Å²) in [7, 11) is -0.473. The maximum Gasteiger partial charge on any atom is 0.337 e. The van der Waals surface area contributed by atoms with Crippen molar-refractivity contribution in [1.29, 1.82) is 0 Å². The van der Waals surface area contributed by atoms with E-state index in [4.69, 9.17) is 0 Å². The minimum atomic E-state index is -1.81. The molecule has 1 aromatic rings. The van der Waals surface area contributed by atoms with Gasteiger partial charge in [0.1, 0.15) is 13.5 Å². The molecule has 0 N–H and O–H groups in total. The van der Waals surface area contributed by atoms with E-state index in [9.17, 15) is 9.59 Å². The lowest BCUT2D eigenvalue weighted by atomic mass is 10.1. The third-order valence-corrected chi connectivity index (χ3v) is 3.90. The lowest BCUT2D eigenvalue weighted by Crippen LogP contribution is -2.33. The second kappa shape index (κ2) is 4.61. The number of ether oxygens (including phenoxy) is 1. The summed E-state index contributed by atoms with van der Waals surface area (Å²) in [4.78, 5) is 23.2. The summed E-state index contributed by atoms with van der Waals surface area (Å²) >= 11 is 0. The second-order valence-electron chi connectivity index (χ2n) is 4.65. The molecule has 0 radical (unpaired) electrons. The molecule has 0 aliphatic heterocycles. The van der Waals surface area contributed by atoms with Gasteiger partial charge in [0.25, 0.3) is 0 Å². The molecule has 3 nitrogen and oxygen atoms in total. The van der Waals surface area contributed by atoms with Gasteiger partial charge < -0.3 is 9.53 Å². The quantitative estimate of drug-likeness (QED) is 0.598. The molecular weight excluding hydrogens is 220 g/mol. The fraction of sp³-hybridized carbons (Fsp3) is 0.333. The van der Waals surface area contributed by atoms with Crippen molar-refractivity contribution in [2.45, 2.75) is 19.6 Å². The second-order valence-corrected chi connectivity index (χ2v) is 9.60. The summed E-state index contributed by atoms with van der Waals surface area (Å²) in [5, 5.41) is 0.198. The highest BCUT2D eigenvalue weighted by Gasteiger charge is 2.25. The number of esters is 1. The average Bonchev–Trinajstić information content (AvgIpc) is 2.26. The lowest BCUT2D eigenvalue weighted by molar-refractivity contribution is 0.0600. The predicted octanol–water partition coefficient (Wildman–Crippen LogP) is 2.53. The van der Waals surface area contributed by atoms with Gasteiger partial charge in [-0.05, 0) is 12.1 Å². The van der Waals surface area contributed by atoms with E-state index < -0.39 is 8.07 Å². The SMILES string of the molecule is COC(=O)c1ccc(C(=O)[Si](C)(C)C)cc1. The maximum atomic E-state index is 12.0. The molecule has 0 aliphatic carbocycles. The average molecular weight is 236 g/mol. The Bertz CT molecular complexity index is 401. The first-order chi connectivity index (χ1) is 7.36. The van der Waals surface area contributed by atoms with Gasteiger partial charge in [-0.25, -0.2) is 4.79 Å². The van der Waals surface area contributed by atoms with Gasteiger partial charge in [-0.15, -0.1) is 0 Å². The Labute approximate surface area is 96.4 Å². The molecule has 0 atom stereocenters. The summed E-state index contributed by atoms with van der Waals surface area (Å²) in [5.41, 5.74) is 1.14. The van der Waals surface area contributed by atoms with Gasteiger partial charge in [-0.2, -0.15) is 0 Å². The molecule has 0 unspecified atom stereocenters. The van der Waals surface area contributed by atoms with Gasteiger partial charge in [0.05, 0.1) is 12.7 Å². The van der Waals surface area contributed by atoms with Crippen molar-refractivity contribution in [2.24, 2.45) is 0 Å². The summed E-state index contributed by atoms with van der Waals surface area (Å²) in [6.07, 6.45) is 0. The molecule has 0 saturated heterocycles. The van der Waals surface area contributed by atoms with Gasteiger partial charge >= 0.3 is 5.97 Å². The molecule has 0 saturated carbocycles. The Morgan fingerprint density at radius 1 is 1.00 bits per heavy atom. The van der Waals surface area contributed by atoms with Crippen LogP contribution in [0.4, 0.5) is 0 Å². The molecular formula is C12H16O3Si. The molecule has 0 aromatic heterocycles. The first-order valence-corrected chi connectivity index (χ1v) is 8.59. The van der Waals surface area contributed by atoms with Crippen LogP contribution in [0.15, 0.2) is 24.3 Å². The normalized spacial score (nSPS) is 11.0. The Kier molecular flexibility index (Phi) is 3.65. The first-order valence-electron chi connectivity index (χ1n) is 5.09. The van der Waals surface area contributed by atoms with Crippen molar-refractivity contribution in [3.63, 3.8) is 0 Å². The van der Waals surface area contributed by atoms with Crippen molar-refractivity contribution >= 4 is 19.4 Å². The molecule has 16 heavy (non-hydrogen) atoms. The zero-order valence-electron chi connectivity index (χ0n) is 10.0. The summed E-state index contributed by atoms with van der Waals surface area (Å²) in [6, 6.07) is 6.62. The minimum Gasteiger partial charge on any atom is -0.465 e. The van der Waals surface area contributed by atoms with Crippen LogP contribution in [0, 0.1) is 0 Å². The first kappa shape index (κ1) is 12.6. The predicted molar refractivity (Wildman–Crippen MR) is 65.5 cm³/mol. The van der Waals surface area contributed by atoms with Crippen LogP contribution in [0.1, 0.15) is 20.7 Å². The Morgan fingerprint density at radius 2 is 1.44 bits per heavy atom. The molecule has 0 spiro atoms. The number of hydrogen-bond donors (Lipinski definition) is 0. The Morgan fingerprint density at radius 3 is 1.81 bits per heavy atom. The molecule has 0 bridgehead atoms. The van der Waals surface area contributed by atoms with Gasteiger partial charge in [0, 0.05) is 5.56 Å². The van der Waals surface area contributed by atoms with E-state index in [2.05, 4.69) is 4.74 Å². The van der Waals surface area contributed by atoms with Crippen LogP contribution < -0.4 is 0 Å². The van der Waals surface area contributed by atoms with Crippen LogP contribution in [0.2, 0.25) is 19.6 Å². The Balaban J connectivity index is 2.96. The topological polar surface area (TPSA) is 43.4 Å². The minimum absolute atomic E-state index is 0.198. The largest absolute Gasteiger partial charge is 0.465 e. The van der Waals surface area contributed by atoms with Crippen LogP contribution in [0.25, 0.3) is 0 Å². The van der Waals surface area contributed by atoms with Crippen LogP contribution in [0.3, 0.4) is 0 Å². The number of methoxy groups -OCH3 is 1. The van der Waals surface area contributed by atoms with E-state index in [1.165, 1.54) is 7.11 Å². The zero-order chi connectivity index (χ0) is 12.3. The van der Waals surface area contributed by atoms with Crippen molar-refractivity contribution in [2.75, 3.05) is 7.11 Å². The van der Waals surface area contributed by atoms with Crippen LogP contribution in [-0.4, -0.2) is 26.6 Å². The van der Waals surface area contributed by atoms with E-state index in [1.54, 1.807) is 24.3 Å². The number of benzene rings is 1. The standard InChI is InChI=1S/C12H16O3Si/c1-15-11(13)9-5-7-10(8-6-9)12(14)16(2,3)4/h5-8H,1-4H3. The summed E-state index contributed by atoms with van der Waals surface area (Å²) in [6.45, 7) is 6.01. The number of hydrogen-bond acceptors (Lipinski definition) is 3. The zero-order valence-corrected chi connectivity index (χ0v) is 11.0. The van der Waals surface area contributed by atoms with Crippen molar-refractivity contribution in [1.82, 2.24) is 0 Å². The van der Waals surface area contributed by atoms with Crippen LogP contribution >= 0.6 is 0 Å². The molecule has 86 valence electrons. The van der Waals surface area contributed by atoms with E-state index in [0.29, 0.717) is 11.1 Å². The molecule has 0 amide bonds. The van der Waals surface area contributed by atoms with E-state index in [1.807, 2.05) is 19.6 Å². The molecule has 0 fully saturated rings. The van der Waals surface area contributed by atoms with E-state index in [-0.39, 0.29) is 11.4 Å². The van der Waals surface area contributed by atoms with E-state index >= 15 is 0 Å². The van der Waals surface area contributed by atoms with E-state index in [0.717, 1.165) is 0 Å². The van der Waals surface area contributed by atoms with Crippen molar-refractivity contribution < 1.29 is 14.3 Å². The number of carbonyl (C=O) groups is 2. The number of carbonyl (C=O) groups excluding carboxylic acids is 2. The summed E-state index contributed by atoms with van der Waals surface area (Å²) < 4.78 is 4.59. The third kappa shape index (κ3) is 2.79. The van der Waals surface area contributed by atoms with Crippen LogP contribution in [0.5, 0.6) is 0 Å². The van der Waals surface area contributed by atoms with Gasteiger partial charge in [-0.3, -0.25) is 0 Å². The fourth-order valence-electron chi connectivity index (χ4n) is 1.31. The highest BCUT2D eigenvalue weighted by atomic mass is 28.3. The lowest BCUT2D eigenvalue weighted by Gasteiger charge is -2.14. The highest BCUT2D eigenvalue weighted by Crippen LogP contribution is 2.13. The molecule has 1 aromatic carbocycles. The Hall–Kier alpha value is -1.42. The maximum absolute atomic E-state index is 12.0. The summed E-state index contributed by atoms with van der Waals surface area (Å²) in [5.74, 6) is -0.382. The molecule has 1 rings (SSSR count). The van der Waals surface area contributed by atoms with Gasteiger partial charge in [-0.1, -0.05) is 31.8 Å². The smallest absolute Gasteiger partial charge is 0.337 e.